The Bertz CT molecular complexity index is 490. The molecule has 0 unspecified atom stereocenters. The second kappa shape index (κ2) is 5.27. The molecule has 0 aliphatic carbocycles. The van der Waals surface area contributed by atoms with E-state index in [1.54, 1.807) is 11.8 Å². The van der Waals surface area contributed by atoms with Crippen LogP contribution >= 0.6 is 0 Å². The number of rotatable bonds is 2. The average Bonchev–Trinajstić information content (AvgIpc) is 2.70. The Hall–Kier alpha value is -1.46. The van der Waals surface area contributed by atoms with Crippen LogP contribution in [-0.4, -0.2) is 60.1 Å². The van der Waals surface area contributed by atoms with Crippen molar-refractivity contribution >= 4 is 5.91 Å². The van der Waals surface area contributed by atoms with Gasteiger partial charge in [0.2, 0.25) is 0 Å². The molecule has 2 atom stereocenters. The molecule has 0 radical (unpaired) electrons. The summed E-state index contributed by atoms with van der Waals surface area (Å²) in [6, 6.07) is 4.09. The van der Waals surface area contributed by atoms with Crippen molar-refractivity contribution in [3.63, 3.8) is 0 Å². The van der Waals surface area contributed by atoms with Crippen LogP contribution < -0.4 is 0 Å². The number of carbonyl (C=O) groups is 1. The van der Waals surface area contributed by atoms with Gasteiger partial charge in [-0.15, -0.1) is 0 Å². The van der Waals surface area contributed by atoms with Crippen molar-refractivity contribution in [2.24, 2.45) is 0 Å². The number of aliphatic hydroxyl groups excluding tert-OH is 1. The van der Waals surface area contributed by atoms with Crippen LogP contribution in [-0.2, 0) is 0 Å². The van der Waals surface area contributed by atoms with Crippen LogP contribution in [0.15, 0.2) is 18.2 Å². The van der Waals surface area contributed by atoms with Gasteiger partial charge in [0.1, 0.15) is 5.82 Å². The van der Waals surface area contributed by atoms with Crippen LogP contribution in [0.5, 0.6) is 0 Å². The first kappa shape index (κ1) is 14.0. The first-order valence-corrected chi connectivity index (χ1v) is 6.30. The molecular weight excluding hydrogens is 247 g/mol. The van der Waals surface area contributed by atoms with Gasteiger partial charge in [0.05, 0.1) is 12.1 Å². The molecule has 19 heavy (non-hydrogen) atoms. The highest BCUT2D eigenvalue weighted by Gasteiger charge is 2.35. The number of benzene rings is 1. The van der Waals surface area contributed by atoms with Gasteiger partial charge in [0, 0.05) is 18.7 Å². The van der Waals surface area contributed by atoms with Gasteiger partial charge in [0.15, 0.2) is 0 Å². The van der Waals surface area contributed by atoms with Crippen LogP contribution in [0, 0.1) is 12.7 Å². The van der Waals surface area contributed by atoms with Crippen LogP contribution in [0.3, 0.4) is 0 Å². The second-order valence-corrected chi connectivity index (χ2v) is 5.27. The first-order valence-electron chi connectivity index (χ1n) is 6.30. The lowest BCUT2D eigenvalue weighted by Gasteiger charge is -2.21. The van der Waals surface area contributed by atoms with Crippen LogP contribution in [0.4, 0.5) is 4.39 Å². The minimum absolute atomic E-state index is 0.0512. The zero-order chi connectivity index (χ0) is 14.2. The molecule has 1 aromatic carbocycles. The zero-order valence-electron chi connectivity index (χ0n) is 11.4. The van der Waals surface area contributed by atoms with Crippen molar-refractivity contribution < 1.29 is 14.3 Å². The van der Waals surface area contributed by atoms with Crippen LogP contribution in [0.1, 0.15) is 15.9 Å². The summed E-state index contributed by atoms with van der Waals surface area (Å²) < 4.78 is 13.0. The number of likely N-dealkylation sites (N-methyl/N-ethyl adjacent to an activating group) is 1. The number of aryl methyl sites for hydroxylation is 1. The molecule has 1 N–H and O–H groups in total. The molecule has 2 rings (SSSR count). The van der Waals surface area contributed by atoms with Gasteiger partial charge in [-0.25, -0.2) is 4.39 Å². The van der Waals surface area contributed by atoms with E-state index in [1.807, 2.05) is 19.0 Å². The van der Waals surface area contributed by atoms with E-state index < -0.39 is 6.10 Å². The van der Waals surface area contributed by atoms with E-state index in [1.165, 1.54) is 18.2 Å². The van der Waals surface area contributed by atoms with Crippen molar-refractivity contribution in [3.8, 4) is 0 Å². The maximum atomic E-state index is 13.0. The fourth-order valence-electron chi connectivity index (χ4n) is 2.48. The van der Waals surface area contributed by atoms with Gasteiger partial charge in [0.25, 0.3) is 5.91 Å². The molecule has 1 saturated heterocycles. The number of hydrogen-bond acceptors (Lipinski definition) is 3. The van der Waals surface area contributed by atoms with Gasteiger partial charge >= 0.3 is 0 Å². The van der Waals surface area contributed by atoms with E-state index >= 15 is 0 Å². The third-order valence-corrected chi connectivity index (χ3v) is 3.63. The quantitative estimate of drug-likeness (QED) is 0.864. The van der Waals surface area contributed by atoms with Crippen LogP contribution in [0.2, 0.25) is 0 Å². The van der Waals surface area contributed by atoms with E-state index in [0.717, 1.165) is 0 Å². The average molecular weight is 266 g/mol. The molecule has 1 aliphatic rings. The lowest BCUT2D eigenvalue weighted by Crippen LogP contribution is -2.38. The highest BCUT2D eigenvalue weighted by molar-refractivity contribution is 5.95. The van der Waals surface area contributed by atoms with Crippen molar-refractivity contribution in [3.05, 3.63) is 35.1 Å². The van der Waals surface area contributed by atoms with Crippen molar-refractivity contribution in [1.82, 2.24) is 9.80 Å². The third kappa shape index (κ3) is 2.77. The molecule has 1 amide bonds. The molecule has 0 spiro atoms. The number of nitrogens with zero attached hydrogens (tertiary/aromatic N) is 2. The third-order valence-electron chi connectivity index (χ3n) is 3.63. The minimum Gasteiger partial charge on any atom is -0.390 e. The Labute approximate surface area is 112 Å². The second-order valence-electron chi connectivity index (χ2n) is 5.27. The van der Waals surface area contributed by atoms with Gasteiger partial charge in [-0.05, 0) is 44.8 Å². The largest absolute Gasteiger partial charge is 0.390 e. The minimum atomic E-state index is -0.542. The van der Waals surface area contributed by atoms with Gasteiger partial charge in [-0.3, -0.25) is 4.79 Å². The van der Waals surface area contributed by atoms with Crippen LogP contribution in [0.25, 0.3) is 0 Å². The summed E-state index contributed by atoms with van der Waals surface area (Å²) in [5, 5.41) is 9.94. The van der Waals surface area contributed by atoms with E-state index in [-0.39, 0.29) is 17.8 Å². The lowest BCUT2D eigenvalue weighted by molar-refractivity contribution is 0.0763. The number of amides is 1. The molecule has 4 nitrogen and oxygen atoms in total. The molecule has 0 aromatic heterocycles. The maximum Gasteiger partial charge on any atom is 0.254 e. The lowest BCUT2D eigenvalue weighted by atomic mass is 10.1. The number of aliphatic hydroxyl groups is 1. The number of likely N-dealkylation sites (tertiary alicyclic amines) is 1. The van der Waals surface area contributed by atoms with Crippen molar-refractivity contribution in [2.45, 2.75) is 19.1 Å². The van der Waals surface area contributed by atoms with Gasteiger partial charge in [-0.2, -0.15) is 0 Å². The molecule has 1 aromatic rings. The summed E-state index contributed by atoms with van der Waals surface area (Å²) in [5.74, 6) is -0.498. The summed E-state index contributed by atoms with van der Waals surface area (Å²) in [6.45, 7) is 2.52. The molecule has 104 valence electrons. The Morgan fingerprint density at radius 2 is 2.11 bits per heavy atom. The summed E-state index contributed by atoms with van der Waals surface area (Å²) in [6.07, 6.45) is -0.542. The molecule has 1 heterocycles. The molecule has 1 aliphatic heterocycles. The predicted octanol–water partition coefficient (Wildman–Crippen LogP) is 0.881. The molecule has 0 bridgehead atoms. The normalized spacial score (nSPS) is 23.2. The number of carbonyl (C=O) groups excluding carboxylic acids is 1. The fourth-order valence-corrected chi connectivity index (χ4v) is 2.48. The number of β-amino-alcohol motifs (C(OH)–C–C–N with tert-alkyl or cyclic N) is 1. The Morgan fingerprint density at radius 1 is 1.42 bits per heavy atom. The van der Waals surface area contributed by atoms with E-state index in [2.05, 4.69) is 0 Å². The first-order chi connectivity index (χ1) is 8.90. The summed E-state index contributed by atoms with van der Waals surface area (Å²) >= 11 is 0. The van der Waals surface area contributed by atoms with Gasteiger partial charge in [-0.1, -0.05) is 0 Å². The smallest absolute Gasteiger partial charge is 0.254 e. The van der Waals surface area contributed by atoms with Gasteiger partial charge < -0.3 is 14.9 Å². The van der Waals surface area contributed by atoms with E-state index in [4.69, 9.17) is 0 Å². The summed E-state index contributed by atoms with van der Waals surface area (Å²) in [7, 11) is 3.76. The van der Waals surface area contributed by atoms with Crippen molar-refractivity contribution in [2.75, 3.05) is 27.2 Å². The highest BCUT2D eigenvalue weighted by atomic mass is 19.1. The van der Waals surface area contributed by atoms with Crippen molar-refractivity contribution in [1.29, 1.82) is 0 Å². The van der Waals surface area contributed by atoms with E-state index in [0.29, 0.717) is 24.2 Å². The fraction of sp³-hybridized carbons (Fsp3) is 0.500. The molecule has 1 fully saturated rings. The highest BCUT2D eigenvalue weighted by Crippen LogP contribution is 2.19. The maximum absolute atomic E-state index is 13.0. The Morgan fingerprint density at radius 3 is 2.63 bits per heavy atom. The number of hydrogen-bond donors (Lipinski definition) is 1. The topological polar surface area (TPSA) is 43.8 Å². The molecular formula is C14H19FN2O2. The Kier molecular flexibility index (Phi) is 3.87. The number of halogens is 1. The summed E-state index contributed by atoms with van der Waals surface area (Å²) in [4.78, 5) is 15.9. The zero-order valence-corrected chi connectivity index (χ0v) is 11.4. The Balaban J connectivity index is 2.17. The SMILES string of the molecule is Cc1cc(F)ccc1C(=O)N1C[C@H](O)[C@@H](N(C)C)C1. The standard InChI is InChI=1S/C14H19FN2O2/c1-9-6-10(15)4-5-11(9)14(19)17-7-12(16(2)3)13(18)8-17/h4-6,12-13,18H,7-8H2,1-3H3/t12-,13-/m0/s1. The monoisotopic (exact) mass is 266 g/mol. The summed E-state index contributed by atoms with van der Waals surface area (Å²) in [5.41, 5.74) is 1.11. The van der Waals surface area contributed by atoms with E-state index in [9.17, 15) is 14.3 Å². The molecule has 0 saturated carbocycles. The predicted molar refractivity (Wildman–Crippen MR) is 70.5 cm³/mol. The molecule has 5 heteroatoms.